The van der Waals surface area contributed by atoms with E-state index in [0.717, 1.165) is 5.76 Å². The number of hydrogen-bond acceptors (Lipinski definition) is 4. The molecule has 21 heavy (non-hydrogen) atoms. The van der Waals surface area contributed by atoms with E-state index >= 15 is 0 Å². The van der Waals surface area contributed by atoms with E-state index in [-0.39, 0.29) is 6.61 Å². The number of carbonyl (C=O) groups excluding carboxylic acids is 1. The summed E-state index contributed by atoms with van der Waals surface area (Å²) in [4.78, 5) is 11.4. The Morgan fingerprint density at radius 1 is 1.38 bits per heavy atom. The van der Waals surface area contributed by atoms with Crippen molar-refractivity contribution in [2.75, 3.05) is 0 Å². The molecule has 1 heterocycles. The molecule has 0 aliphatic rings. The third kappa shape index (κ3) is 4.81. The Bertz CT molecular complexity index is 668. The van der Waals surface area contributed by atoms with Crippen LogP contribution >= 0.6 is 23.2 Å². The van der Waals surface area contributed by atoms with Gasteiger partial charge >= 0.3 is 6.09 Å². The second-order valence-electron chi connectivity index (χ2n) is 4.13. The van der Waals surface area contributed by atoms with Gasteiger partial charge in [0.05, 0.1) is 6.21 Å². The Kier molecular flexibility index (Phi) is 5.25. The summed E-state index contributed by atoms with van der Waals surface area (Å²) in [6, 6.07) is 8.47. The van der Waals surface area contributed by atoms with Gasteiger partial charge in [0, 0.05) is 15.6 Å². The summed E-state index contributed by atoms with van der Waals surface area (Å²) in [5.41, 5.74) is 2.88. The van der Waals surface area contributed by atoms with Crippen LogP contribution in [0, 0.1) is 6.92 Å². The van der Waals surface area contributed by atoms with Crippen LogP contribution in [0.25, 0.3) is 0 Å². The van der Waals surface area contributed by atoms with E-state index in [4.69, 9.17) is 32.4 Å². The molecule has 0 aliphatic carbocycles. The molecule has 5 nitrogen and oxygen atoms in total. The highest BCUT2D eigenvalue weighted by atomic mass is 35.5. The number of ether oxygens (including phenoxy) is 1. The molecule has 1 amide bonds. The molecule has 0 fully saturated rings. The number of hydrazone groups is 1. The van der Waals surface area contributed by atoms with Crippen LogP contribution in [0.2, 0.25) is 10.0 Å². The van der Waals surface area contributed by atoms with E-state index in [1.807, 2.05) is 6.92 Å². The van der Waals surface area contributed by atoms with Gasteiger partial charge in [0.15, 0.2) is 0 Å². The van der Waals surface area contributed by atoms with Crippen molar-refractivity contribution in [3.63, 3.8) is 0 Å². The van der Waals surface area contributed by atoms with E-state index in [9.17, 15) is 4.79 Å². The van der Waals surface area contributed by atoms with Crippen LogP contribution in [0.4, 0.5) is 4.79 Å². The number of amides is 1. The van der Waals surface area contributed by atoms with E-state index < -0.39 is 6.09 Å². The SMILES string of the molecule is Cc1ccc(C=NNC(=O)OCc2ccc(Cl)cc2Cl)o1. The maximum atomic E-state index is 11.4. The van der Waals surface area contributed by atoms with E-state index in [2.05, 4.69) is 10.5 Å². The van der Waals surface area contributed by atoms with Crippen molar-refractivity contribution in [3.05, 3.63) is 57.5 Å². The quantitative estimate of drug-likeness (QED) is 0.677. The average molecular weight is 327 g/mol. The topological polar surface area (TPSA) is 63.8 Å². The lowest BCUT2D eigenvalue weighted by Gasteiger charge is -2.05. The zero-order valence-electron chi connectivity index (χ0n) is 11.1. The highest BCUT2D eigenvalue weighted by Crippen LogP contribution is 2.21. The lowest BCUT2D eigenvalue weighted by atomic mass is 10.2. The van der Waals surface area contributed by atoms with Gasteiger partial charge in [-0.2, -0.15) is 5.10 Å². The van der Waals surface area contributed by atoms with E-state index in [1.54, 1.807) is 30.3 Å². The predicted octanol–water partition coefficient (Wildman–Crippen LogP) is 4.16. The van der Waals surface area contributed by atoms with Gasteiger partial charge in [0.1, 0.15) is 18.1 Å². The number of benzene rings is 1. The number of furan rings is 1. The maximum absolute atomic E-state index is 11.4. The molecule has 1 aromatic carbocycles. The monoisotopic (exact) mass is 326 g/mol. The van der Waals surface area contributed by atoms with Crippen LogP contribution in [0.15, 0.2) is 39.9 Å². The molecule has 0 bridgehead atoms. The van der Waals surface area contributed by atoms with Gasteiger partial charge in [-0.25, -0.2) is 10.2 Å². The number of nitrogens with zero attached hydrogens (tertiary/aromatic N) is 1. The summed E-state index contributed by atoms with van der Waals surface area (Å²) in [5, 5.41) is 4.66. The van der Waals surface area contributed by atoms with Crippen molar-refractivity contribution >= 4 is 35.5 Å². The fourth-order valence-corrected chi connectivity index (χ4v) is 1.95. The zero-order chi connectivity index (χ0) is 15.2. The first-order valence-corrected chi connectivity index (χ1v) is 6.76. The smallest absolute Gasteiger partial charge is 0.428 e. The molecule has 0 radical (unpaired) electrons. The molecule has 0 atom stereocenters. The molecule has 0 spiro atoms. The van der Waals surface area contributed by atoms with Gasteiger partial charge in [-0.05, 0) is 31.2 Å². The average Bonchev–Trinajstić information content (AvgIpc) is 2.83. The zero-order valence-corrected chi connectivity index (χ0v) is 12.6. The summed E-state index contributed by atoms with van der Waals surface area (Å²) < 4.78 is 10.2. The minimum Gasteiger partial charge on any atom is -0.460 e. The molecular weight excluding hydrogens is 315 g/mol. The first kappa shape index (κ1) is 15.4. The largest absolute Gasteiger partial charge is 0.460 e. The van der Waals surface area contributed by atoms with E-state index in [1.165, 1.54) is 6.21 Å². The third-order valence-electron chi connectivity index (χ3n) is 2.48. The molecule has 110 valence electrons. The van der Waals surface area contributed by atoms with Crippen molar-refractivity contribution in [2.24, 2.45) is 5.10 Å². The molecule has 0 saturated heterocycles. The van der Waals surface area contributed by atoms with Gasteiger partial charge in [-0.3, -0.25) is 0 Å². The fourth-order valence-electron chi connectivity index (χ4n) is 1.49. The van der Waals surface area contributed by atoms with Crippen LogP contribution in [0.3, 0.4) is 0 Å². The number of halogens is 2. The van der Waals surface area contributed by atoms with Crippen LogP contribution in [-0.2, 0) is 11.3 Å². The molecule has 1 N–H and O–H groups in total. The highest BCUT2D eigenvalue weighted by Gasteiger charge is 2.05. The summed E-state index contributed by atoms with van der Waals surface area (Å²) in [6.07, 6.45) is 0.685. The van der Waals surface area contributed by atoms with Crippen LogP contribution in [0.1, 0.15) is 17.1 Å². The Morgan fingerprint density at radius 3 is 2.86 bits per heavy atom. The van der Waals surface area contributed by atoms with Gasteiger partial charge in [0.2, 0.25) is 0 Å². The first-order valence-electron chi connectivity index (χ1n) is 6.01. The second kappa shape index (κ2) is 7.15. The third-order valence-corrected chi connectivity index (χ3v) is 3.07. The lowest BCUT2D eigenvalue weighted by molar-refractivity contribution is 0.140. The Labute approximate surface area is 131 Å². The number of rotatable bonds is 4. The molecular formula is C14H12Cl2N2O3. The minimum absolute atomic E-state index is 0.0250. The van der Waals surface area contributed by atoms with Crippen molar-refractivity contribution in [2.45, 2.75) is 13.5 Å². The summed E-state index contributed by atoms with van der Waals surface area (Å²) in [5.74, 6) is 1.30. The highest BCUT2D eigenvalue weighted by molar-refractivity contribution is 6.35. The predicted molar refractivity (Wildman–Crippen MR) is 80.8 cm³/mol. The Morgan fingerprint density at radius 2 is 2.19 bits per heavy atom. The Hall–Kier alpha value is -1.98. The second-order valence-corrected chi connectivity index (χ2v) is 4.97. The molecule has 0 saturated carbocycles. The lowest BCUT2D eigenvalue weighted by Crippen LogP contribution is -2.18. The number of aryl methyl sites for hydroxylation is 1. The molecule has 7 heteroatoms. The van der Waals surface area contributed by atoms with Gasteiger partial charge in [0.25, 0.3) is 0 Å². The molecule has 0 aliphatic heterocycles. The van der Waals surface area contributed by atoms with Crippen LogP contribution in [-0.4, -0.2) is 12.3 Å². The van der Waals surface area contributed by atoms with Gasteiger partial charge < -0.3 is 9.15 Å². The number of carbonyl (C=O) groups is 1. The normalized spacial score (nSPS) is 10.8. The number of nitrogens with one attached hydrogen (secondary N) is 1. The van der Waals surface area contributed by atoms with Gasteiger partial charge in [-0.15, -0.1) is 0 Å². The molecule has 1 aromatic heterocycles. The summed E-state index contributed by atoms with van der Waals surface area (Å²) in [7, 11) is 0. The summed E-state index contributed by atoms with van der Waals surface area (Å²) in [6.45, 7) is 1.84. The van der Waals surface area contributed by atoms with Gasteiger partial charge in [-0.1, -0.05) is 29.3 Å². The van der Waals surface area contributed by atoms with Crippen molar-refractivity contribution in [1.29, 1.82) is 0 Å². The molecule has 2 aromatic rings. The molecule has 0 unspecified atom stereocenters. The summed E-state index contributed by atoms with van der Waals surface area (Å²) >= 11 is 11.7. The van der Waals surface area contributed by atoms with Crippen molar-refractivity contribution in [3.8, 4) is 0 Å². The maximum Gasteiger partial charge on any atom is 0.428 e. The van der Waals surface area contributed by atoms with Crippen LogP contribution in [0.5, 0.6) is 0 Å². The molecule has 2 rings (SSSR count). The van der Waals surface area contributed by atoms with Crippen LogP contribution < -0.4 is 5.43 Å². The standard InChI is InChI=1S/C14H12Cl2N2O3/c1-9-2-5-12(21-9)7-17-18-14(19)20-8-10-3-4-11(15)6-13(10)16/h2-7H,8H2,1H3,(H,18,19). The number of hydrogen-bond donors (Lipinski definition) is 1. The first-order chi connectivity index (χ1) is 10.0. The van der Waals surface area contributed by atoms with Crippen molar-refractivity contribution < 1.29 is 13.9 Å². The fraction of sp³-hybridized carbons (Fsp3) is 0.143. The minimum atomic E-state index is -0.694. The Balaban J connectivity index is 1.81. The van der Waals surface area contributed by atoms with E-state index in [0.29, 0.717) is 21.4 Å². The van der Waals surface area contributed by atoms with Crippen molar-refractivity contribution in [1.82, 2.24) is 5.43 Å².